The third-order valence-corrected chi connectivity index (χ3v) is 2.57. The maximum absolute atomic E-state index is 11.1. The molecule has 0 amide bonds. The Kier molecular flexibility index (Phi) is 2.75. The Labute approximate surface area is 98.4 Å². The van der Waals surface area contributed by atoms with Crippen LogP contribution in [0.2, 0.25) is 0 Å². The van der Waals surface area contributed by atoms with Crippen LogP contribution >= 0.6 is 0 Å². The Balaban J connectivity index is 2.82. The van der Waals surface area contributed by atoms with Crippen LogP contribution in [0.5, 0.6) is 5.75 Å². The summed E-state index contributed by atoms with van der Waals surface area (Å²) < 4.78 is 6.79. The Bertz CT molecular complexity index is 619. The molecule has 1 aromatic carbocycles. The third kappa shape index (κ3) is 1.72. The van der Waals surface area contributed by atoms with Gasteiger partial charge in [-0.05, 0) is 12.1 Å². The molecule has 4 heteroatoms. The summed E-state index contributed by atoms with van der Waals surface area (Å²) in [6.45, 7) is 0.200. The summed E-state index contributed by atoms with van der Waals surface area (Å²) in [5, 5.41) is 9.93. The largest absolute Gasteiger partial charge is 0.495 e. The van der Waals surface area contributed by atoms with Gasteiger partial charge in [0.05, 0.1) is 19.2 Å². The summed E-state index contributed by atoms with van der Waals surface area (Å²) >= 11 is 0. The first-order valence-corrected chi connectivity index (χ1v) is 5.02. The fourth-order valence-electron chi connectivity index (χ4n) is 1.89. The number of terminal acetylenes is 1. The fraction of sp³-hybridized carbons (Fsp3) is 0.154. The zero-order valence-corrected chi connectivity index (χ0v) is 9.30. The van der Waals surface area contributed by atoms with Crippen LogP contribution in [0.4, 0.5) is 0 Å². The molecule has 0 saturated carbocycles. The lowest BCUT2D eigenvalue weighted by Gasteiger charge is -2.07. The van der Waals surface area contributed by atoms with Gasteiger partial charge >= 0.3 is 5.97 Å². The minimum Gasteiger partial charge on any atom is -0.495 e. The number of hydrogen-bond donors (Lipinski definition) is 1. The van der Waals surface area contributed by atoms with Gasteiger partial charge in [-0.3, -0.25) is 0 Å². The number of methoxy groups -OCH3 is 1. The number of rotatable bonds is 3. The molecular weight excluding hydrogens is 218 g/mol. The van der Waals surface area contributed by atoms with E-state index in [1.54, 1.807) is 23.8 Å². The number of fused-ring (bicyclic) bond motifs is 1. The lowest BCUT2D eigenvalue weighted by molar-refractivity contribution is 0.0686. The van der Waals surface area contributed by atoms with Gasteiger partial charge in [-0.1, -0.05) is 18.1 Å². The van der Waals surface area contributed by atoms with E-state index in [0.29, 0.717) is 11.3 Å². The molecule has 0 spiro atoms. The van der Waals surface area contributed by atoms with Gasteiger partial charge < -0.3 is 14.4 Å². The Morgan fingerprint density at radius 1 is 1.59 bits per heavy atom. The first-order chi connectivity index (χ1) is 8.19. The first-order valence-electron chi connectivity index (χ1n) is 5.02. The molecule has 0 aliphatic carbocycles. The zero-order valence-electron chi connectivity index (χ0n) is 9.30. The second-order valence-electron chi connectivity index (χ2n) is 3.52. The molecule has 0 atom stereocenters. The topological polar surface area (TPSA) is 51.5 Å². The molecule has 1 N–H and O–H groups in total. The second kappa shape index (κ2) is 4.22. The van der Waals surface area contributed by atoms with E-state index in [2.05, 4.69) is 5.92 Å². The van der Waals surface area contributed by atoms with Crippen molar-refractivity contribution in [3.8, 4) is 18.1 Å². The molecule has 1 heterocycles. The fourth-order valence-corrected chi connectivity index (χ4v) is 1.89. The van der Waals surface area contributed by atoms with Crippen molar-refractivity contribution < 1.29 is 14.6 Å². The molecule has 86 valence electrons. The molecule has 1 aromatic heterocycles. The van der Waals surface area contributed by atoms with Gasteiger partial charge in [-0.25, -0.2) is 4.79 Å². The van der Waals surface area contributed by atoms with E-state index >= 15 is 0 Å². The van der Waals surface area contributed by atoms with Gasteiger partial charge in [0.2, 0.25) is 0 Å². The Hall–Kier alpha value is -2.41. The van der Waals surface area contributed by atoms with Gasteiger partial charge in [0.15, 0.2) is 0 Å². The minimum absolute atomic E-state index is 0.169. The monoisotopic (exact) mass is 229 g/mol. The highest BCUT2D eigenvalue weighted by Gasteiger charge is 2.16. The minimum atomic E-state index is -1.00. The van der Waals surface area contributed by atoms with Gasteiger partial charge in [-0.15, -0.1) is 6.42 Å². The van der Waals surface area contributed by atoms with E-state index in [-0.39, 0.29) is 12.2 Å². The van der Waals surface area contributed by atoms with Crippen LogP contribution in [0.25, 0.3) is 10.9 Å². The van der Waals surface area contributed by atoms with E-state index < -0.39 is 5.97 Å². The molecule has 0 unspecified atom stereocenters. The standard InChI is InChI=1S/C13H11NO3/c1-3-7-14-10(13(15)16)8-9-5-4-6-11(17-2)12(9)14/h1,4-6,8H,7H2,2H3,(H,15,16). The number of aromatic nitrogens is 1. The number of para-hydroxylation sites is 1. The van der Waals surface area contributed by atoms with Crippen LogP contribution < -0.4 is 4.74 Å². The van der Waals surface area contributed by atoms with E-state index in [4.69, 9.17) is 16.3 Å². The summed E-state index contributed by atoms with van der Waals surface area (Å²) in [4.78, 5) is 11.1. The van der Waals surface area contributed by atoms with Crippen molar-refractivity contribution in [3.05, 3.63) is 30.0 Å². The number of carbonyl (C=O) groups is 1. The number of carboxylic acids is 1. The smallest absolute Gasteiger partial charge is 0.352 e. The van der Waals surface area contributed by atoms with Crippen molar-refractivity contribution in [2.75, 3.05) is 7.11 Å². The summed E-state index contributed by atoms with van der Waals surface area (Å²) in [7, 11) is 1.54. The van der Waals surface area contributed by atoms with Crippen LogP contribution in [-0.2, 0) is 6.54 Å². The number of carboxylic acid groups (broad SMARTS) is 1. The van der Waals surface area contributed by atoms with Crippen LogP contribution in [0.1, 0.15) is 10.5 Å². The molecule has 17 heavy (non-hydrogen) atoms. The van der Waals surface area contributed by atoms with Crippen molar-refractivity contribution >= 4 is 16.9 Å². The lowest BCUT2D eigenvalue weighted by atomic mass is 10.2. The molecule has 0 aliphatic heterocycles. The van der Waals surface area contributed by atoms with Crippen molar-refractivity contribution in [1.82, 2.24) is 4.57 Å². The highest BCUT2D eigenvalue weighted by Crippen LogP contribution is 2.28. The van der Waals surface area contributed by atoms with Gasteiger partial charge in [0.25, 0.3) is 0 Å². The average molecular weight is 229 g/mol. The third-order valence-electron chi connectivity index (χ3n) is 2.57. The molecule has 0 aliphatic rings. The van der Waals surface area contributed by atoms with Crippen molar-refractivity contribution in [2.24, 2.45) is 0 Å². The van der Waals surface area contributed by atoms with E-state index in [1.807, 2.05) is 12.1 Å². The van der Waals surface area contributed by atoms with E-state index in [0.717, 1.165) is 5.39 Å². The zero-order chi connectivity index (χ0) is 12.4. The average Bonchev–Trinajstić information content (AvgIpc) is 2.69. The predicted octanol–water partition coefficient (Wildman–Crippen LogP) is 1.98. The summed E-state index contributed by atoms with van der Waals surface area (Å²) in [6.07, 6.45) is 5.27. The van der Waals surface area contributed by atoms with Crippen molar-refractivity contribution in [3.63, 3.8) is 0 Å². The van der Waals surface area contributed by atoms with Crippen molar-refractivity contribution in [2.45, 2.75) is 6.54 Å². The number of benzene rings is 1. The molecule has 4 nitrogen and oxygen atoms in total. The Morgan fingerprint density at radius 2 is 2.35 bits per heavy atom. The number of aromatic carboxylic acids is 1. The quantitative estimate of drug-likeness (QED) is 0.819. The summed E-state index contributed by atoms with van der Waals surface area (Å²) in [6, 6.07) is 7.02. The number of nitrogens with zero attached hydrogens (tertiary/aromatic N) is 1. The van der Waals surface area contributed by atoms with Crippen LogP contribution in [0.3, 0.4) is 0 Å². The van der Waals surface area contributed by atoms with Crippen LogP contribution in [-0.4, -0.2) is 22.8 Å². The first kappa shape index (κ1) is 11.1. The highest BCUT2D eigenvalue weighted by atomic mass is 16.5. The lowest BCUT2D eigenvalue weighted by Crippen LogP contribution is -2.07. The maximum Gasteiger partial charge on any atom is 0.352 e. The number of ether oxygens (including phenoxy) is 1. The molecule has 0 fully saturated rings. The highest BCUT2D eigenvalue weighted by molar-refractivity contribution is 5.96. The van der Waals surface area contributed by atoms with Crippen LogP contribution in [0, 0.1) is 12.3 Å². The van der Waals surface area contributed by atoms with E-state index in [9.17, 15) is 4.79 Å². The predicted molar refractivity (Wildman–Crippen MR) is 64.3 cm³/mol. The molecule has 0 saturated heterocycles. The van der Waals surface area contributed by atoms with E-state index in [1.165, 1.54) is 0 Å². The van der Waals surface area contributed by atoms with Gasteiger partial charge in [-0.2, -0.15) is 0 Å². The van der Waals surface area contributed by atoms with Gasteiger partial charge in [0, 0.05) is 5.39 Å². The summed E-state index contributed by atoms with van der Waals surface area (Å²) in [5.74, 6) is 2.07. The number of hydrogen-bond acceptors (Lipinski definition) is 2. The molecule has 2 rings (SSSR count). The Morgan fingerprint density at radius 3 is 2.94 bits per heavy atom. The van der Waals surface area contributed by atoms with Crippen LogP contribution in [0.15, 0.2) is 24.3 Å². The molecule has 0 bridgehead atoms. The molecular formula is C13H11NO3. The van der Waals surface area contributed by atoms with Crippen molar-refractivity contribution in [1.29, 1.82) is 0 Å². The maximum atomic E-state index is 11.1. The van der Waals surface area contributed by atoms with Gasteiger partial charge in [0.1, 0.15) is 11.4 Å². The second-order valence-corrected chi connectivity index (χ2v) is 3.52. The molecule has 0 radical (unpaired) electrons. The normalized spacial score (nSPS) is 10.1. The summed E-state index contributed by atoms with van der Waals surface area (Å²) in [5.41, 5.74) is 0.882. The molecule has 2 aromatic rings. The SMILES string of the molecule is C#CCn1c(C(=O)O)cc2cccc(OC)c21.